The topological polar surface area (TPSA) is 90.3 Å². The summed E-state index contributed by atoms with van der Waals surface area (Å²) in [6.07, 6.45) is 0.523. The van der Waals surface area contributed by atoms with Crippen LogP contribution in [0.25, 0.3) is 0 Å². The van der Waals surface area contributed by atoms with E-state index < -0.39 is 16.1 Å². The molecule has 0 heterocycles. The quantitative estimate of drug-likeness (QED) is 0.756. The number of amides is 1. The summed E-state index contributed by atoms with van der Waals surface area (Å²) in [5.41, 5.74) is 2.11. The predicted molar refractivity (Wildman–Crippen MR) is 112 cm³/mol. The van der Waals surface area contributed by atoms with Gasteiger partial charge in [-0.25, -0.2) is 8.42 Å². The molecule has 0 aromatic heterocycles. The van der Waals surface area contributed by atoms with Crippen molar-refractivity contribution in [1.82, 2.24) is 4.90 Å². The minimum Gasteiger partial charge on any atom is -0.323 e. The Morgan fingerprint density at radius 2 is 1.93 bits per heavy atom. The molecule has 0 aliphatic rings. The Hall–Kier alpha value is -2.85. The van der Waals surface area contributed by atoms with Gasteiger partial charge in [-0.05, 0) is 62.6 Å². The van der Waals surface area contributed by atoms with Gasteiger partial charge in [0.1, 0.15) is 6.04 Å². The van der Waals surface area contributed by atoms with Crippen LogP contribution < -0.4 is 4.72 Å². The lowest BCUT2D eigenvalue weighted by Crippen LogP contribution is -2.39. The van der Waals surface area contributed by atoms with E-state index >= 15 is 0 Å². The van der Waals surface area contributed by atoms with Gasteiger partial charge in [-0.3, -0.25) is 9.52 Å². The van der Waals surface area contributed by atoms with Crippen LogP contribution in [-0.2, 0) is 10.0 Å². The number of sulfonamides is 1. The van der Waals surface area contributed by atoms with Gasteiger partial charge in [-0.15, -0.1) is 0 Å². The number of hydrogen-bond acceptors (Lipinski definition) is 4. The van der Waals surface area contributed by atoms with E-state index in [1.54, 1.807) is 37.3 Å². The van der Waals surface area contributed by atoms with Crippen LogP contribution in [0.4, 0.5) is 5.69 Å². The van der Waals surface area contributed by atoms with Crippen LogP contribution in [0.1, 0.15) is 43.2 Å². The summed E-state index contributed by atoms with van der Waals surface area (Å²) in [4.78, 5) is 14.5. The molecule has 0 bridgehead atoms. The number of rotatable bonds is 7. The predicted octanol–water partition coefficient (Wildman–Crippen LogP) is 4.11. The van der Waals surface area contributed by atoms with E-state index in [1.165, 1.54) is 11.0 Å². The number of hydrogen-bond donors (Lipinski definition) is 1. The summed E-state index contributed by atoms with van der Waals surface area (Å²) >= 11 is 0. The van der Waals surface area contributed by atoms with Crippen molar-refractivity contribution in [3.63, 3.8) is 0 Å². The molecule has 28 heavy (non-hydrogen) atoms. The maximum atomic E-state index is 12.8. The SMILES string of the molecule is CCC(C#N)N(CC)C(=O)c1cccc(NS(=O)(=O)c2cc(C)ccc2C)c1.[HH]. The van der Waals surface area contributed by atoms with Crippen molar-refractivity contribution < 1.29 is 14.6 Å². The molecule has 1 atom stereocenters. The van der Waals surface area contributed by atoms with Gasteiger partial charge < -0.3 is 4.90 Å². The van der Waals surface area contributed by atoms with Crippen molar-refractivity contribution >= 4 is 21.6 Å². The second-order valence-electron chi connectivity index (χ2n) is 6.60. The highest BCUT2D eigenvalue weighted by Gasteiger charge is 2.23. The van der Waals surface area contributed by atoms with E-state index in [0.717, 1.165) is 5.56 Å². The summed E-state index contributed by atoms with van der Waals surface area (Å²) in [5.74, 6) is -0.302. The van der Waals surface area contributed by atoms with Crippen LogP contribution >= 0.6 is 0 Å². The highest BCUT2D eigenvalue weighted by Crippen LogP contribution is 2.22. The van der Waals surface area contributed by atoms with Gasteiger partial charge in [0.2, 0.25) is 0 Å². The number of nitriles is 1. The van der Waals surface area contributed by atoms with Crippen LogP contribution in [0.3, 0.4) is 0 Å². The number of carbonyl (C=O) groups is 1. The van der Waals surface area contributed by atoms with Crippen molar-refractivity contribution in [2.24, 2.45) is 0 Å². The zero-order chi connectivity index (χ0) is 20.9. The molecule has 0 radical (unpaired) electrons. The van der Waals surface area contributed by atoms with Crippen molar-refractivity contribution in [2.45, 2.75) is 45.1 Å². The Morgan fingerprint density at radius 3 is 2.54 bits per heavy atom. The first-order chi connectivity index (χ1) is 13.2. The molecule has 2 aromatic carbocycles. The standard InChI is InChI=1S/C21H25N3O3S.H2/c1-5-19(14-22)24(6-2)21(25)17-8-7-9-18(13-17)23-28(26,27)20-12-15(3)10-11-16(20)4;/h7-13,19,23H,5-6H2,1-4H3;1H. The molecule has 0 spiro atoms. The molecule has 150 valence electrons. The molecule has 7 heteroatoms. The molecule has 1 amide bonds. The molecular weight excluding hydrogens is 374 g/mol. The average molecular weight is 402 g/mol. The summed E-state index contributed by atoms with van der Waals surface area (Å²) < 4.78 is 28.1. The first kappa shape index (κ1) is 21.5. The Balaban J connectivity index is 0.00000420. The number of anilines is 1. The molecule has 0 aliphatic heterocycles. The number of nitrogens with zero attached hydrogens (tertiary/aromatic N) is 2. The van der Waals surface area contributed by atoms with Gasteiger partial charge in [-0.2, -0.15) is 5.26 Å². The number of carbonyl (C=O) groups excluding carboxylic acids is 1. The molecule has 0 saturated heterocycles. The van der Waals surface area contributed by atoms with Gasteiger partial charge in [0.15, 0.2) is 0 Å². The molecule has 2 rings (SSSR count). The number of aryl methyl sites for hydroxylation is 2. The van der Waals surface area contributed by atoms with Crippen LogP contribution in [-0.4, -0.2) is 31.8 Å². The Kier molecular flexibility index (Phi) is 6.81. The first-order valence-electron chi connectivity index (χ1n) is 9.14. The fraction of sp³-hybridized carbons (Fsp3) is 0.333. The van der Waals surface area contributed by atoms with Gasteiger partial charge in [0.05, 0.1) is 11.0 Å². The minimum atomic E-state index is -3.79. The molecule has 0 aliphatic carbocycles. The maximum absolute atomic E-state index is 12.8. The maximum Gasteiger partial charge on any atom is 0.262 e. The lowest BCUT2D eigenvalue weighted by Gasteiger charge is -2.25. The van der Waals surface area contributed by atoms with Gasteiger partial charge in [-0.1, -0.05) is 25.1 Å². The third-order valence-corrected chi connectivity index (χ3v) is 6.03. The van der Waals surface area contributed by atoms with Gasteiger partial charge in [0.25, 0.3) is 15.9 Å². The van der Waals surface area contributed by atoms with Crippen molar-refractivity contribution in [2.75, 3.05) is 11.3 Å². The molecule has 1 N–H and O–H groups in total. The van der Waals surface area contributed by atoms with Crippen molar-refractivity contribution in [3.8, 4) is 6.07 Å². The summed E-state index contributed by atoms with van der Waals surface area (Å²) in [5, 5.41) is 9.27. The molecule has 0 fully saturated rings. The highest BCUT2D eigenvalue weighted by atomic mass is 32.2. The molecule has 2 aromatic rings. The second kappa shape index (κ2) is 8.89. The van der Waals surface area contributed by atoms with E-state index in [0.29, 0.717) is 29.8 Å². The third-order valence-electron chi connectivity index (χ3n) is 4.51. The minimum absolute atomic E-state index is 0. The summed E-state index contributed by atoms with van der Waals surface area (Å²) in [7, 11) is -3.79. The second-order valence-corrected chi connectivity index (χ2v) is 8.25. The van der Waals surface area contributed by atoms with E-state index in [1.807, 2.05) is 26.8 Å². The highest BCUT2D eigenvalue weighted by molar-refractivity contribution is 7.92. The van der Waals surface area contributed by atoms with Crippen LogP contribution in [0.2, 0.25) is 0 Å². The summed E-state index contributed by atoms with van der Waals surface area (Å²) in [6.45, 7) is 7.61. The smallest absolute Gasteiger partial charge is 0.262 e. The van der Waals surface area contributed by atoms with E-state index in [-0.39, 0.29) is 12.2 Å². The number of nitrogens with one attached hydrogen (secondary N) is 1. The normalized spacial score (nSPS) is 12.1. The van der Waals surface area contributed by atoms with Crippen molar-refractivity contribution in [3.05, 3.63) is 59.2 Å². The zero-order valence-electron chi connectivity index (χ0n) is 16.6. The van der Waals surface area contributed by atoms with Gasteiger partial charge in [0, 0.05) is 19.2 Å². The number of benzene rings is 2. The fourth-order valence-electron chi connectivity index (χ4n) is 2.98. The lowest BCUT2D eigenvalue weighted by molar-refractivity contribution is 0.0725. The average Bonchev–Trinajstić information content (AvgIpc) is 2.67. The van der Waals surface area contributed by atoms with E-state index in [9.17, 15) is 18.5 Å². The molecule has 0 saturated carbocycles. The van der Waals surface area contributed by atoms with Crippen LogP contribution in [0, 0.1) is 25.2 Å². The summed E-state index contributed by atoms with van der Waals surface area (Å²) in [6, 6.07) is 13.2. The third kappa shape index (κ3) is 4.70. The van der Waals surface area contributed by atoms with E-state index in [4.69, 9.17) is 0 Å². The monoisotopic (exact) mass is 401 g/mol. The fourth-order valence-corrected chi connectivity index (χ4v) is 4.36. The molecule has 1 unspecified atom stereocenters. The Morgan fingerprint density at radius 1 is 1.21 bits per heavy atom. The molecular formula is C21H27N3O3S. The Labute approximate surface area is 168 Å². The lowest BCUT2D eigenvalue weighted by atomic mass is 10.1. The zero-order valence-corrected chi connectivity index (χ0v) is 17.4. The van der Waals surface area contributed by atoms with Crippen molar-refractivity contribution in [1.29, 1.82) is 5.26 Å². The van der Waals surface area contributed by atoms with Gasteiger partial charge >= 0.3 is 0 Å². The molecule has 6 nitrogen and oxygen atoms in total. The largest absolute Gasteiger partial charge is 0.323 e. The van der Waals surface area contributed by atoms with E-state index in [2.05, 4.69) is 10.8 Å². The first-order valence-corrected chi connectivity index (χ1v) is 10.6. The van der Waals surface area contributed by atoms with Crippen LogP contribution in [0.5, 0.6) is 0 Å². The van der Waals surface area contributed by atoms with Crippen LogP contribution in [0.15, 0.2) is 47.4 Å². The Bertz CT molecular complexity index is 1020.